The molecular formula is C10H16N2O2. The molecule has 4 nitrogen and oxygen atoms in total. The van der Waals surface area contributed by atoms with E-state index in [0.29, 0.717) is 12.3 Å². The van der Waals surface area contributed by atoms with Crippen molar-refractivity contribution in [2.45, 2.75) is 31.5 Å². The molecule has 2 atom stereocenters. The molecule has 0 aliphatic heterocycles. The predicted octanol–water partition coefficient (Wildman–Crippen LogP) is 0.0944. The molecule has 78 valence electrons. The van der Waals surface area contributed by atoms with Crippen LogP contribution in [0, 0.1) is 5.92 Å². The Kier molecular flexibility index (Phi) is 2.56. The molecule has 1 fully saturated rings. The summed E-state index contributed by atoms with van der Waals surface area (Å²) in [6.07, 6.45) is 3.12. The fourth-order valence-electron chi connectivity index (χ4n) is 1.66. The van der Waals surface area contributed by atoms with Gasteiger partial charge in [-0.05, 0) is 24.8 Å². The molecule has 0 aromatic carbocycles. The molecule has 0 spiro atoms. The van der Waals surface area contributed by atoms with Gasteiger partial charge in [0.05, 0.1) is 17.9 Å². The molecule has 1 aromatic rings. The van der Waals surface area contributed by atoms with Crippen LogP contribution in [0.15, 0.2) is 12.3 Å². The Morgan fingerprint density at radius 2 is 2.29 bits per heavy atom. The number of hydrogen-bond acceptors (Lipinski definition) is 3. The molecule has 1 aliphatic carbocycles. The number of aryl methyl sites for hydroxylation is 1. The Hall–Kier alpha value is -0.870. The van der Waals surface area contributed by atoms with Gasteiger partial charge in [-0.15, -0.1) is 0 Å². The molecule has 1 saturated carbocycles. The summed E-state index contributed by atoms with van der Waals surface area (Å²) in [7, 11) is 1.84. The van der Waals surface area contributed by atoms with Crippen molar-refractivity contribution in [1.82, 2.24) is 9.78 Å². The van der Waals surface area contributed by atoms with Gasteiger partial charge in [-0.25, -0.2) is 0 Å². The Balaban J connectivity index is 1.89. The molecular weight excluding hydrogens is 180 g/mol. The third-order valence-corrected chi connectivity index (χ3v) is 2.69. The smallest absolute Gasteiger partial charge is 0.0857 e. The second-order valence-corrected chi connectivity index (χ2v) is 4.08. The van der Waals surface area contributed by atoms with E-state index in [1.807, 2.05) is 19.3 Å². The highest BCUT2D eigenvalue weighted by Gasteiger charge is 2.34. The monoisotopic (exact) mass is 196 g/mol. The normalized spacial score (nSPS) is 20.8. The molecule has 2 unspecified atom stereocenters. The molecule has 1 heterocycles. The Labute approximate surface area is 83.2 Å². The molecule has 2 N–H and O–H groups in total. The average molecular weight is 196 g/mol. The van der Waals surface area contributed by atoms with Gasteiger partial charge in [-0.2, -0.15) is 5.10 Å². The van der Waals surface area contributed by atoms with Gasteiger partial charge in [0, 0.05) is 19.7 Å². The first-order valence-corrected chi connectivity index (χ1v) is 5.01. The maximum absolute atomic E-state index is 9.69. The van der Waals surface area contributed by atoms with Crippen molar-refractivity contribution in [2.24, 2.45) is 13.0 Å². The number of hydrogen-bond donors (Lipinski definition) is 2. The summed E-state index contributed by atoms with van der Waals surface area (Å²) in [5.74, 6) is 0.314. The molecule has 2 rings (SSSR count). The summed E-state index contributed by atoms with van der Waals surface area (Å²) in [5, 5.41) is 23.5. The number of aliphatic hydroxyl groups excluding tert-OH is 2. The number of aliphatic hydroxyl groups is 2. The lowest BCUT2D eigenvalue weighted by Gasteiger charge is -2.15. The second-order valence-electron chi connectivity index (χ2n) is 4.08. The van der Waals surface area contributed by atoms with E-state index in [-0.39, 0.29) is 0 Å². The van der Waals surface area contributed by atoms with Gasteiger partial charge in [-0.1, -0.05) is 0 Å². The zero-order valence-electron chi connectivity index (χ0n) is 8.30. The van der Waals surface area contributed by atoms with E-state index in [1.54, 1.807) is 4.68 Å². The molecule has 1 aliphatic rings. The van der Waals surface area contributed by atoms with Gasteiger partial charge >= 0.3 is 0 Å². The van der Waals surface area contributed by atoms with Crippen molar-refractivity contribution in [1.29, 1.82) is 0 Å². The van der Waals surface area contributed by atoms with Crippen molar-refractivity contribution < 1.29 is 10.2 Å². The topological polar surface area (TPSA) is 58.3 Å². The predicted molar refractivity (Wildman–Crippen MR) is 51.6 cm³/mol. The lowest BCUT2D eigenvalue weighted by molar-refractivity contribution is 0.00617. The number of nitrogens with zero attached hydrogens (tertiary/aromatic N) is 2. The highest BCUT2D eigenvalue weighted by atomic mass is 16.3. The molecule has 1 aromatic heterocycles. The minimum Gasteiger partial charge on any atom is -0.390 e. The van der Waals surface area contributed by atoms with Crippen LogP contribution in [0.5, 0.6) is 0 Å². The number of rotatable bonds is 4. The van der Waals surface area contributed by atoms with Gasteiger partial charge in [-0.3, -0.25) is 4.68 Å². The summed E-state index contributed by atoms with van der Waals surface area (Å²) < 4.78 is 1.70. The summed E-state index contributed by atoms with van der Waals surface area (Å²) in [4.78, 5) is 0. The first-order valence-electron chi connectivity index (χ1n) is 5.01. The zero-order chi connectivity index (χ0) is 10.1. The summed E-state index contributed by atoms with van der Waals surface area (Å²) in [5.41, 5.74) is 0.833. The van der Waals surface area contributed by atoms with Crippen LogP contribution in [0.2, 0.25) is 0 Å². The van der Waals surface area contributed by atoms with E-state index < -0.39 is 12.2 Å². The van der Waals surface area contributed by atoms with Gasteiger partial charge in [0.2, 0.25) is 0 Å². The van der Waals surface area contributed by atoms with E-state index in [2.05, 4.69) is 5.10 Å². The summed E-state index contributed by atoms with van der Waals surface area (Å²) >= 11 is 0. The highest BCUT2D eigenvalue weighted by molar-refractivity contribution is 5.02. The van der Waals surface area contributed by atoms with Crippen LogP contribution in [-0.4, -0.2) is 32.2 Å². The Morgan fingerprint density at radius 1 is 1.57 bits per heavy atom. The van der Waals surface area contributed by atoms with Crippen molar-refractivity contribution in [3.63, 3.8) is 0 Å². The van der Waals surface area contributed by atoms with Gasteiger partial charge in [0.15, 0.2) is 0 Å². The minimum absolute atomic E-state index is 0.314. The SMILES string of the molecule is Cn1ccc(CC(O)C(O)C2CC2)n1. The molecule has 4 heteroatoms. The van der Waals surface area contributed by atoms with Crippen molar-refractivity contribution in [3.05, 3.63) is 18.0 Å². The minimum atomic E-state index is -0.669. The number of aromatic nitrogens is 2. The van der Waals surface area contributed by atoms with E-state index >= 15 is 0 Å². The second kappa shape index (κ2) is 3.71. The third-order valence-electron chi connectivity index (χ3n) is 2.69. The molecule has 0 amide bonds. The largest absolute Gasteiger partial charge is 0.390 e. The molecule has 0 radical (unpaired) electrons. The van der Waals surface area contributed by atoms with Crippen molar-refractivity contribution in [3.8, 4) is 0 Å². The van der Waals surface area contributed by atoms with Crippen molar-refractivity contribution in [2.75, 3.05) is 0 Å². The Morgan fingerprint density at radius 3 is 2.79 bits per heavy atom. The van der Waals surface area contributed by atoms with Crippen LogP contribution in [0.1, 0.15) is 18.5 Å². The van der Waals surface area contributed by atoms with Gasteiger partial charge in [0.25, 0.3) is 0 Å². The maximum Gasteiger partial charge on any atom is 0.0857 e. The highest BCUT2D eigenvalue weighted by Crippen LogP contribution is 2.34. The molecule has 0 bridgehead atoms. The van der Waals surface area contributed by atoms with E-state index in [4.69, 9.17) is 0 Å². The maximum atomic E-state index is 9.69. The van der Waals surface area contributed by atoms with Crippen LogP contribution in [-0.2, 0) is 13.5 Å². The van der Waals surface area contributed by atoms with Crippen LogP contribution in [0.4, 0.5) is 0 Å². The Bertz CT molecular complexity index is 307. The standard InChI is InChI=1S/C10H16N2O2/c1-12-5-4-8(11-12)6-9(13)10(14)7-2-3-7/h4-5,7,9-10,13-14H,2-3,6H2,1H3. The molecule has 14 heavy (non-hydrogen) atoms. The quantitative estimate of drug-likeness (QED) is 0.717. The van der Waals surface area contributed by atoms with E-state index in [0.717, 1.165) is 18.5 Å². The van der Waals surface area contributed by atoms with Crippen LogP contribution in [0.3, 0.4) is 0 Å². The fraction of sp³-hybridized carbons (Fsp3) is 0.700. The third kappa shape index (κ3) is 2.13. The summed E-state index contributed by atoms with van der Waals surface area (Å²) in [6.45, 7) is 0. The lowest BCUT2D eigenvalue weighted by atomic mass is 10.1. The van der Waals surface area contributed by atoms with Crippen molar-refractivity contribution >= 4 is 0 Å². The fourth-order valence-corrected chi connectivity index (χ4v) is 1.66. The van der Waals surface area contributed by atoms with Gasteiger partial charge in [0.1, 0.15) is 0 Å². The van der Waals surface area contributed by atoms with Gasteiger partial charge < -0.3 is 10.2 Å². The zero-order valence-corrected chi connectivity index (χ0v) is 8.30. The molecule has 0 saturated heterocycles. The summed E-state index contributed by atoms with van der Waals surface area (Å²) in [6, 6.07) is 1.86. The average Bonchev–Trinajstić information content (AvgIpc) is 2.91. The van der Waals surface area contributed by atoms with Crippen LogP contribution >= 0.6 is 0 Å². The van der Waals surface area contributed by atoms with Crippen LogP contribution in [0.25, 0.3) is 0 Å². The first kappa shape index (κ1) is 9.68. The van der Waals surface area contributed by atoms with Crippen LogP contribution < -0.4 is 0 Å². The van der Waals surface area contributed by atoms with E-state index in [9.17, 15) is 10.2 Å². The lowest BCUT2D eigenvalue weighted by Crippen LogP contribution is -2.29. The first-order chi connectivity index (χ1) is 6.66. The van der Waals surface area contributed by atoms with E-state index in [1.165, 1.54) is 0 Å².